The zero-order valence-electron chi connectivity index (χ0n) is 19.1. The van der Waals surface area contributed by atoms with Crippen molar-refractivity contribution in [3.63, 3.8) is 0 Å². The van der Waals surface area contributed by atoms with E-state index in [2.05, 4.69) is 15.5 Å². The number of nitrogens with one attached hydrogen (secondary N) is 2. The van der Waals surface area contributed by atoms with Gasteiger partial charge in [-0.1, -0.05) is 6.07 Å². The summed E-state index contributed by atoms with van der Waals surface area (Å²) < 4.78 is 60.9. The number of rotatable bonds is 5. The predicted molar refractivity (Wildman–Crippen MR) is 122 cm³/mol. The molecule has 2 heterocycles. The van der Waals surface area contributed by atoms with Crippen molar-refractivity contribution >= 4 is 17.2 Å². The van der Waals surface area contributed by atoms with Crippen molar-refractivity contribution in [1.29, 1.82) is 5.41 Å². The van der Waals surface area contributed by atoms with Crippen LogP contribution in [-0.2, 0) is 13.0 Å². The van der Waals surface area contributed by atoms with Crippen LogP contribution in [0, 0.1) is 17.0 Å². The molecule has 35 heavy (non-hydrogen) atoms. The quantitative estimate of drug-likeness (QED) is 0.295. The van der Waals surface area contributed by atoms with E-state index < -0.39 is 34.8 Å². The first-order valence-electron chi connectivity index (χ1n) is 10.3. The fraction of sp³-hybridized carbons (Fsp3) is 0.217. The van der Waals surface area contributed by atoms with Crippen LogP contribution in [0.5, 0.6) is 0 Å². The summed E-state index contributed by atoms with van der Waals surface area (Å²) in [6, 6.07) is 7.93. The number of aromatic nitrogens is 4. The smallest absolute Gasteiger partial charge is 0.310 e. The SMILES string of the molecule is CNC.Cn1cc2cc(C(F)(F)C(N)n3nc(-c4ccc(C=O)c(F)c4)ccc3=N)c(F)cc2n1. The molecule has 2 aromatic heterocycles. The lowest BCUT2D eigenvalue weighted by Gasteiger charge is -2.26. The molecule has 1 unspecified atom stereocenters. The summed E-state index contributed by atoms with van der Waals surface area (Å²) in [4.78, 5) is 10.8. The molecule has 0 amide bonds. The highest BCUT2D eigenvalue weighted by Crippen LogP contribution is 2.38. The molecule has 0 saturated carbocycles. The summed E-state index contributed by atoms with van der Waals surface area (Å²) in [5.74, 6) is -5.97. The first kappa shape index (κ1) is 25.7. The van der Waals surface area contributed by atoms with E-state index in [0.717, 1.165) is 24.3 Å². The number of carbonyl (C=O) groups excluding carboxylic acids is 1. The van der Waals surface area contributed by atoms with Crippen molar-refractivity contribution in [2.75, 3.05) is 14.1 Å². The molecule has 0 bridgehead atoms. The van der Waals surface area contributed by atoms with E-state index in [9.17, 15) is 13.6 Å². The maximum absolute atomic E-state index is 15.3. The van der Waals surface area contributed by atoms with E-state index in [1.807, 2.05) is 14.1 Å². The molecule has 0 fully saturated rings. The van der Waals surface area contributed by atoms with Crippen LogP contribution in [0.4, 0.5) is 17.6 Å². The summed E-state index contributed by atoms with van der Waals surface area (Å²) in [6.45, 7) is 0. The van der Waals surface area contributed by atoms with Gasteiger partial charge in [-0.3, -0.25) is 14.9 Å². The number of nitrogens with zero attached hydrogens (tertiary/aromatic N) is 4. The number of alkyl halides is 2. The normalized spacial score (nSPS) is 12.2. The van der Waals surface area contributed by atoms with Crippen molar-refractivity contribution in [3.8, 4) is 11.3 Å². The zero-order chi connectivity index (χ0) is 25.9. The Labute approximate surface area is 197 Å². The van der Waals surface area contributed by atoms with Crippen LogP contribution >= 0.6 is 0 Å². The highest BCUT2D eigenvalue weighted by atomic mass is 19.3. The van der Waals surface area contributed by atoms with Crippen LogP contribution < -0.4 is 16.5 Å². The maximum Gasteiger partial charge on any atom is 0.310 e. The van der Waals surface area contributed by atoms with Gasteiger partial charge in [-0.05, 0) is 44.4 Å². The van der Waals surface area contributed by atoms with E-state index >= 15 is 8.78 Å². The second-order valence-electron chi connectivity index (χ2n) is 7.66. The molecular formula is C23H23F4N7O. The molecule has 0 aliphatic carbocycles. The van der Waals surface area contributed by atoms with E-state index in [1.165, 1.54) is 29.1 Å². The fourth-order valence-corrected chi connectivity index (χ4v) is 3.32. The zero-order valence-corrected chi connectivity index (χ0v) is 19.1. The second-order valence-corrected chi connectivity index (χ2v) is 7.66. The van der Waals surface area contributed by atoms with Gasteiger partial charge in [-0.2, -0.15) is 19.0 Å². The molecule has 0 aliphatic heterocycles. The maximum atomic E-state index is 15.3. The Morgan fingerprint density at radius 3 is 2.40 bits per heavy atom. The first-order chi connectivity index (χ1) is 16.5. The fourth-order valence-electron chi connectivity index (χ4n) is 3.32. The van der Waals surface area contributed by atoms with Crippen molar-refractivity contribution < 1.29 is 22.4 Å². The molecule has 2 aromatic carbocycles. The number of halogens is 4. The largest absolute Gasteiger partial charge is 0.323 e. The third-order valence-electron chi connectivity index (χ3n) is 4.99. The van der Waals surface area contributed by atoms with Gasteiger partial charge in [0, 0.05) is 30.3 Å². The average molecular weight is 489 g/mol. The number of benzene rings is 2. The number of carbonyl (C=O) groups is 1. The number of aldehydes is 1. The van der Waals surface area contributed by atoms with Crippen LogP contribution in [0.2, 0.25) is 0 Å². The molecular weight excluding hydrogens is 466 g/mol. The Bertz CT molecular complexity index is 1430. The molecule has 0 aliphatic rings. The van der Waals surface area contributed by atoms with Crippen LogP contribution in [0.3, 0.4) is 0 Å². The molecule has 184 valence electrons. The minimum atomic E-state index is -3.95. The van der Waals surface area contributed by atoms with E-state index in [0.29, 0.717) is 16.4 Å². The van der Waals surface area contributed by atoms with Crippen LogP contribution in [-0.4, -0.2) is 39.9 Å². The molecule has 8 nitrogen and oxygen atoms in total. The highest BCUT2D eigenvalue weighted by molar-refractivity contribution is 5.79. The van der Waals surface area contributed by atoms with E-state index in [-0.39, 0.29) is 22.3 Å². The van der Waals surface area contributed by atoms with Gasteiger partial charge in [0.1, 0.15) is 17.1 Å². The standard InChI is InChI=1S/C21H16F4N6O.C2H7N/c1-30-9-13-6-14(16(23)8-18(13)28-30)21(24,25)20(27)31-19(26)5-4-17(29-31)11-2-3-12(10-32)15(22)7-11;1-3-2/h2-10,20,26H,27H2,1H3;3H,1-2H3. The molecule has 0 saturated heterocycles. The lowest BCUT2D eigenvalue weighted by Crippen LogP contribution is -2.42. The molecule has 12 heteroatoms. The lowest BCUT2D eigenvalue weighted by atomic mass is 10.0. The third kappa shape index (κ3) is 5.12. The topological polar surface area (TPSA) is 115 Å². The van der Waals surface area contributed by atoms with Crippen molar-refractivity contribution in [3.05, 3.63) is 76.9 Å². The number of fused-ring (bicyclic) bond motifs is 1. The Kier molecular flexibility index (Phi) is 7.46. The third-order valence-corrected chi connectivity index (χ3v) is 4.99. The number of hydrogen-bond donors (Lipinski definition) is 3. The molecule has 0 radical (unpaired) electrons. The predicted octanol–water partition coefficient (Wildman–Crippen LogP) is 3.09. The molecule has 4 rings (SSSR count). The average Bonchev–Trinajstić information content (AvgIpc) is 3.17. The summed E-state index contributed by atoms with van der Waals surface area (Å²) >= 11 is 0. The van der Waals surface area contributed by atoms with Gasteiger partial charge in [0.15, 0.2) is 12.5 Å². The van der Waals surface area contributed by atoms with Crippen LogP contribution in [0.25, 0.3) is 22.2 Å². The molecule has 1 atom stereocenters. The van der Waals surface area contributed by atoms with Crippen LogP contribution in [0.15, 0.2) is 48.7 Å². The number of aryl methyl sites for hydroxylation is 1. The Morgan fingerprint density at radius 1 is 1.09 bits per heavy atom. The molecule has 4 N–H and O–H groups in total. The van der Waals surface area contributed by atoms with Gasteiger partial charge in [0.05, 0.1) is 22.3 Å². The second kappa shape index (κ2) is 10.2. The highest BCUT2D eigenvalue weighted by Gasteiger charge is 2.44. The lowest BCUT2D eigenvalue weighted by molar-refractivity contribution is -0.0647. The summed E-state index contributed by atoms with van der Waals surface area (Å²) in [6.07, 6.45) is -0.444. The first-order valence-corrected chi connectivity index (χ1v) is 10.3. The van der Waals surface area contributed by atoms with Gasteiger partial charge in [-0.15, -0.1) is 0 Å². The molecule has 4 aromatic rings. The van der Waals surface area contributed by atoms with Gasteiger partial charge < -0.3 is 11.1 Å². The van der Waals surface area contributed by atoms with E-state index in [1.54, 1.807) is 7.05 Å². The van der Waals surface area contributed by atoms with Gasteiger partial charge in [0.2, 0.25) is 0 Å². The number of nitrogens with two attached hydrogens (primary N) is 1. The van der Waals surface area contributed by atoms with Gasteiger partial charge in [-0.25, -0.2) is 13.5 Å². The van der Waals surface area contributed by atoms with Gasteiger partial charge >= 0.3 is 5.92 Å². The van der Waals surface area contributed by atoms with Crippen LogP contribution in [0.1, 0.15) is 22.1 Å². The van der Waals surface area contributed by atoms with Crippen molar-refractivity contribution in [2.24, 2.45) is 12.8 Å². The summed E-state index contributed by atoms with van der Waals surface area (Å²) in [7, 11) is 5.32. The Morgan fingerprint density at radius 2 is 1.77 bits per heavy atom. The van der Waals surface area contributed by atoms with Crippen molar-refractivity contribution in [2.45, 2.75) is 12.1 Å². The summed E-state index contributed by atoms with van der Waals surface area (Å²) in [5.41, 5.74) is 4.58. The Hall–Kier alpha value is -3.90. The number of hydrogen-bond acceptors (Lipinski definition) is 6. The van der Waals surface area contributed by atoms with E-state index in [4.69, 9.17) is 11.1 Å². The summed E-state index contributed by atoms with van der Waals surface area (Å²) in [5, 5.41) is 18.9. The minimum Gasteiger partial charge on any atom is -0.323 e. The monoisotopic (exact) mass is 489 g/mol. The van der Waals surface area contributed by atoms with Gasteiger partial charge in [0.25, 0.3) is 0 Å². The van der Waals surface area contributed by atoms with Crippen molar-refractivity contribution in [1.82, 2.24) is 24.9 Å². The molecule has 0 spiro atoms. The minimum absolute atomic E-state index is 0.0341. The Balaban J connectivity index is 0.00000108.